The molecule has 1 amide bonds. The zero-order valence-electron chi connectivity index (χ0n) is 12.7. The highest BCUT2D eigenvalue weighted by atomic mass is 32.2. The second-order valence-corrected chi connectivity index (χ2v) is 7.14. The van der Waals surface area contributed by atoms with Crippen molar-refractivity contribution in [3.05, 3.63) is 64.8 Å². The Hall–Kier alpha value is -2.05. The second kappa shape index (κ2) is 6.22. The number of allylic oxidation sites excluding steroid dienone is 3. The Balaban J connectivity index is 1.92. The first-order chi connectivity index (χ1) is 10.9. The number of thioether (sulfide) groups is 1. The molecule has 0 unspecified atom stereocenters. The highest BCUT2D eigenvalue weighted by molar-refractivity contribution is 8.26. The van der Waals surface area contributed by atoms with Gasteiger partial charge in [0.15, 0.2) is 0 Å². The predicted molar refractivity (Wildman–Crippen MR) is 95.2 cm³/mol. The third kappa shape index (κ3) is 3.83. The van der Waals surface area contributed by atoms with Crippen molar-refractivity contribution < 1.29 is 14.3 Å². The maximum Gasteiger partial charge on any atom is 0.263 e. The van der Waals surface area contributed by atoms with E-state index < -0.39 is 5.79 Å². The lowest BCUT2D eigenvalue weighted by Crippen LogP contribution is -2.30. The van der Waals surface area contributed by atoms with Crippen LogP contribution in [0.5, 0.6) is 0 Å². The Bertz CT molecular complexity index is 748. The number of thiocarbonyl (C=S) groups is 1. The van der Waals surface area contributed by atoms with Crippen LogP contribution in [0.1, 0.15) is 19.4 Å². The first-order valence-electron chi connectivity index (χ1n) is 7.03. The summed E-state index contributed by atoms with van der Waals surface area (Å²) in [6.45, 7) is 3.69. The van der Waals surface area contributed by atoms with Crippen molar-refractivity contribution in [2.45, 2.75) is 19.6 Å². The van der Waals surface area contributed by atoms with Crippen LogP contribution in [0.4, 0.5) is 0 Å². The number of benzene rings is 1. The lowest BCUT2D eigenvalue weighted by atomic mass is 10.1. The van der Waals surface area contributed by atoms with Crippen molar-refractivity contribution in [3.8, 4) is 0 Å². The lowest BCUT2D eigenvalue weighted by molar-refractivity contribution is -0.149. The van der Waals surface area contributed by atoms with Gasteiger partial charge in [0, 0.05) is 25.5 Å². The molecule has 1 saturated heterocycles. The monoisotopic (exact) mass is 345 g/mol. The quantitative estimate of drug-likeness (QED) is 0.654. The van der Waals surface area contributed by atoms with Gasteiger partial charge < -0.3 is 14.8 Å². The van der Waals surface area contributed by atoms with Crippen LogP contribution in [0.3, 0.4) is 0 Å². The predicted octanol–water partition coefficient (Wildman–Crippen LogP) is 3.73. The Morgan fingerprint density at radius 1 is 1.17 bits per heavy atom. The fourth-order valence-electron chi connectivity index (χ4n) is 2.18. The SMILES string of the molecule is CC1(C)OC(c2ccccc2)=C/C(=C/C=C2\SC(=S)NC2=O)O1. The van der Waals surface area contributed by atoms with Crippen LogP contribution < -0.4 is 5.32 Å². The number of nitrogens with one attached hydrogen (secondary N) is 1. The molecule has 2 aliphatic heterocycles. The zero-order valence-corrected chi connectivity index (χ0v) is 14.3. The van der Waals surface area contributed by atoms with Gasteiger partial charge in [-0.2, -0.15) is 0 Å². The molecule has 0 atom stereocenters. The topological polar surface area (TPSA) is 47.6 Å². The van der Waals surface area contributed by atoms with E-state index in [4.69, 9.17) is 21.7 Å². The largest absolute Gasteiger partial charge is 0.453 e. The number of amides is 1. The molecule has 0 spiro atoms. The minimum atomic E-state index is -0.787. The molecule has 0 saturated carbocycles. The maximum absolute atomic E-state index is 11.7. The summed E-state index contributed by atoms with van der Waals surface area (Å²) in [6, 6.07) is 9.81. The average molecular weight is 345 g/mol. The molecule has 0 bridgehead atoms. The van der Waals surface area contributed by atoms with Gasteiger partial charge in [0.25, 0.3) is 5.91 Å². The Morgan fingerprint density at radius 3 is 2.57 bits per heavy atom. The molecule has 1 fully saturated rings. The van der Waals surface area contributed by atoms with Crippen molar-refractivity contribution in [2.24, 2.45) is 0 Å². The maximum atomic E-state index is 11.7. The van der Waals surface area contributed by atoms with Crippen LogP contribution in [0, 0.1) is 0 Å². The minimum Gasteiger partial charge on any atom is -0.453 e. The van der Waals surface area contributed by atoms with E-state index >= 15 is 0 Å². The standard InChI is InChI=1S/C17H15NO3S2/c1-17(2)20-12(8-9-14-15(19)18-16(22)23-14)10-13(21-17)11-6-4-3-5-7-11/h3-10H,1-2H3,(H,18,19,22)/b12-8-,14-9-. The number of ether oxygens (including phenoxy) is 2. The number of rotatable bonds is 2. The molecule has 1 aromatic carbocycles. The van der Waals surface area contributed by atoms with Crippen molar-refractivity contribution in [3.63, 3.8) is 0 Å². The molecule has 0 aliphatic carbocycles. The van der Waals surface area contributed by atoms with Crippen LogP contribution in [0.25, 0.3) is 5.76 Å². The number of hydrogen-bond acceptors (Lipinski definition) is 5. The van der Waals surface area contributed by atoms with Crippen molar-refractivity contribution in [1.29, 1.82) is 0 Å². The summed E-state index contributed by atoms with van der Waals surface area (Å²) in [5.74, 6) is 0.379. The van der Waals surface area contributed by atoms with Gasteiger partial charge in [-0.15, -0.1) is 0 Å². The van der Waals surface area contributed by atoms with Gasteiger partial charge in [-0.05, 0) is 12.2 Å². The molecule has 6 heteroatoms. The Kier molecular flexibility index (Phi) is 4.28. The highest BCUT2D eigenvalue weighted by Gasteiger charge is 2.29. The molecule has 23 heavy (non-hydrogen) atoms. The van der Waals surface area contributed by atoms with Crippen LogP contribution >= 0.6 is 24.0 Å². The van der Waals surface area contributed by atoms with Crippen LogP contribution in [0.15, 0.2) is 59.2 Å². The summed E-state index contributed by atoms with van der Waals surface area (Å²) in [4.78, 5) is 12.2. The Labute approximate surface area is 144 Å². The molecule has 2 aliphatic rings. The minimum absolute atomic E-state index is 0.185. The van der Waals surface area contributed by atoms with E-state index in [2.05, 4.69) is 5.32 Å². The van der Waals surface area contributed by atoms with E-state index in [1.807, 2.05) is 50.3 Å². The number of hydrogen-bond donors (Lipinski definition) is 1. The van der Waals surface area contributed by atoms with E-state index in [1.165, 1.54) is 11.8 Å². The second-order valence-electron chi connectivity index (χ2n) is 5.42. The first kappa shape index (κ1) is 15.8. The molecule has 4 nitrogen and oxygen atoms in total. The van der Waals surface area contributed by atoms with Gasteiger partial charge in [-0.1, -0.05) is 54.3 Å². The highest BCUT2D eigenvalue weighted by Crippen LogP contribution is 2.33. The summed E-state index contributed by atoms with van der Waals surface area (Å²) in [7, 11) is 0. The molecule has 1 aromatic rings. The van der Waals surface area contributed by atoms with Gasteiger partial charge in [-0.25, -0.2) is 0 Å². The summed E-state index contributed by atoms with van der Waals surface area (Å²) >= 11 is 6.21. The third-order valence-corrected chi connectivity index (χ3v) is 4.27. The molecule has 0 aromatic heterocycles. The smallest absolute Gasteiger partial charge is 0.263 e. The molecule has 2 heterocycles. The van der Waals surface area contributed by atoms with E-state index in [1.54, 1.807) is 12.2 Å². The van der Waals surface area contributed by atoms with Crippen LogP contribution in [0.2, 0.25) is 0 Å². The van der Waals surface area contributed by atoms with Gasteiger partial charge in [-0.3, -0.25) is 4.79 Å². The third-order valence-electron chi connectivity index (χ3n) is 3.09. The van der Waals surface area contributed by atoms with Gasteiger partial charge >= 0.3 is 0 Å². The van der Waals surface area contributed by atoms with Crippen molar-refractivity contribution in [2.75, 3.05) is 0 Å². The summed E-state index contributed by atoms with van der Waals surface area (Å²) in [6.07, 6.45) is 5.27. The Morgan fingerprint density at radius 2 is 1.91 bits per heavy atom. The molecule has 1 N–H and O–H groups in total. The fraction of sp³-hybridized carbons (Fsp3) is 0.176. The van der Waals surface area contributed by atoms with Crippen molar-refractivity contribution in [1.82, 2.24) is 5.32 Å². The average Bonchev–Trinajstić information content (AvgIpc) is 2.82. The molecule has 118 valence electrons. The van der Waals surface area contributed by atoms with Gasteiger partial charge in [0.2, 0.25) is 5.79 Å². The number of carbonyl (C=O) groups is 1. The fourth-order valence-corrected chi connectivity index (χ4v) is 3.16. The van der Waals surface area contributed by atoms with Gasteiger partial charge in [0.05, 0.1) is 4.91 Å². The molecule has 3 rings (SSSR count). The first-order valence-corrected chi connectivity index (χ1v) is 8.26. The lowest BCUT2D eigenvalue weighted by Gasteiger charge is -2.33. The number of carbonyl (C=O) groups excluding carboxylic acids is 1. The van der Waals surface area contributed by atoms with Crippen molar-refractivity contribution >= 4 is 40.0 Å². The summed E-state index contributed by atoms with van der Waals surface area (Å²) in [5.41, 5.74) is 0.969. The van der Waals surface area contributed by atoms with E-state index in [-0.39, 0.29) is 5.91 Å². The zero-order chi connectivity index (χ0) is 16.4. The molecule has 0 radical (unpaired) electrons. The normalized spacial score (nSPS) is 23.3. The van der Waals surface area contributed by atoms with E-state index in [0.29, 0.717) is 15.0 Å². The van der Waals surface area contributed by atoms with Crippen LogP contribution in [-0.2, 0) is 14.3 Å². The van der Waals surface area contributed by atoms with E-state index in [9.17, 15) is 4.79 Å². The molecular weight excluding hydrogens is 330 g/mol. The van der Waals surface area contributed by atoms with Gasteiger partial charge in [0.1, 0.15) is 15.8 Å². The summed E-state index contributed by atoms with van der Waals surface area (Å²) < 4.78 is 12.1. The van der Waals surface area contributed by atoms with Crippen LogP contribution in [-0.4, -0.2) is 16.0 Å². The van der Waals surface area contributed by atoms with E-state index in [0.717, 1.165) is 11.3 Å². The summed E-state index contributed by atoms with van der Waals surface area (Å²) in [5, 5.41) is 2.58. The molecular formula is C17H15NO3S2.